The number of hydrogen-bond acceptors (Lipinski definition) is 4. The van der Waals surface area contributed by atoms with Crippen LogP contribution in [0.2, 0.25) is 0 Å². The van der Waals surface area contributed by atoms with Crippen molar-refractivity contribution in [2.24, 2.45) is 0 Å². The van der Waals surface area contributed by atoms with Gasteiger partial charge in [0.2, 0.25) is 5.91 Å². The molecule has 1 fully saturated rings. The zero-order valence-corrected chi connectivity index (χ0v) is 11.3. The van der Waals surface area contributed by atoms with E-state index >= 15 is 0 Å². The molecule has 6 heteroatoms. The summed E-state index contributed by atoms with van der Waals surface area (Å²) in [6.45, 7) is 5.19. The molecular formula is C12H22N2O4. The summed E-state index contributed by atoms with van der Waals surface area (Å²) >= 11 is 0. The second kappa shape index (κ2) is 7.33. The SMILES string of the molecule is CCC(C)OCC(=O)N1CCOC(C(=O)NC)C1. The van der Waals surface area contributed by atoms with E-state index in [1.54, 1.807) is 11.9 Å². The van der Waals surface area contributed by atoms with Crippen LogP contribution < -0.4 is 5.32 Å². The van der Waals surface area contributed by atoms with Crippen molar-refractivity contribution in [3.8, 4) is 0 Å². The van der Waals surface area contributed by atoms with Crippen LogP contribution in [0.3, 0.4) is 0 Å². The molecule has 0 spiro atoms. The van der Waals surface area contributed by atoms with Gasteiger partial charge in [-0.3, -0.25) is 9.59 Å². The quantitative estimate of drug-likeness (QED) is 0.740. The first-order chi connectivity index (χ1) is 8.58. The van der Waals surface area contributed by atoms with Crippen LogP contribution in [0, 0.1) is 0 Å². The number of amides is 2. The zero-order valence-electron chi connectivity index (χ0n) is 11.3. The summed E-state index contributed by atoms with van der Waals surface area (Å²) in [7, 11) is 1.55. The minimum Gasteiger partial charge on any atom is -0.369 e. The first-order valence-corrected chi connectivity index (χ1v) is 6.31. The number of carbonyl (C=O) groups excluding carboxylic acids is 2. The van der Waals surface area contributed by atoms with Crippen molar-refractivity contribution in [3.63, 3.8) is 0 Å². The number of nitrogens with one attached hydrogen (secondary N) is 1. The maximum absolute atomic E-state index is 11.9. The smallest absolute Gasteiger partial charge is 0.250 e. The number of hydrogen-bond donors (Lipinski definition) is 1. The second-order valence-electron chi connectivity index (χ2n) is 4.34. The van der Waals surface area contributed by atoms with Crippen molar-refractivity contribution in [3.05, 3.63) is 0 Å². The fraction of sp³-hybridized carbons (Fsp3) is 0.833. The average molecular weight is 258 g/mol. The first-order valence-electron chi connectivity index (χ1n) is 6.31. The van der Waals surface area contributed by atoms with Crippen LogP contribution in [0.25, 0.3) is 0 Å². The average Bonchev–Trinajstić information content (AvgIpc) is 2.43. The monoisotopic (exact) mass is 258 g/mol. The molecule has 1 rings (SSSR count). The zero-order chi connectivity index (χ0) is 13.5. The lowest BCUT2D eigenvalue weighted by Gasteiger charge is -2.32. The van der Waals surface area contributed by atoms with Crippen molar-refractivity contribution in [2.75, 3.05) is 33.4 Å². The normalized spacial score (nSPS) is 21.5. The van der Waals surface area contributed by atoms with Crippen LogP contribution in [0.1, 0.15) is 20.3 Å². The first kappa shape index (κ1) is 14.9. The van der Waals surface area contributed by atoms with Crippen molar-refractivity contribution in [1.29, 1.82) is 0 Å². The summed E-state index contributed by atoms with van der Waals surface area (Å²) in [4.78, 5) is 24.9. The highest BCUT2D eigenvalue weighted by atomic mass is 16.5. The Morgan fingerprint density at radius 3 is 2.89 bits per heavy atom. The van der Waals surface area contributed by atoms with Gasteiger partial charge in [-0.05, 0) is 13.3 Å². The molecule has 2 atom stereocenters. The molecule has 6 nitrogen and oxygen atoms in total. The molecule has 0 bridgehead atoms. The topological polar surface area (TPSA) is 67.9 Å². The van der Waals surface area contributed by atoms with Gasteiger partial charge in [-0.15, -0.1) is 0 Å². The highest BCUT2D eigenvalue weighted by molar-refractivity contribution is 5.83. The molecule has 0 aromatic carbocycles. The maximum atomic E-state index is 11.9. The van der Waals surface area contributed by atoms with Gasteiger partial charge in [0.25, 0.3) is 5.91 Å². The van der Waals surface area contributed by atoms with Crippen molar-refractivity contribution in [2.45, 2.75) is 32.5 Å². The van der Waals surface area contributed by atoms with Crippen LogP contribution in [0.5, 0.6) is 0 Å². The Morgan fingerprint density at radius 1 is 1.56 bits per heavy atom. The molecule has 0 aliphatic carbocycles. The Labute approximate surface area is 108 Å². The Hall–Kier alpha value is -1.14. The van der Waals surface area contributed by atoms with Gasteiger partial charge in [0.1, 0.15) is 6.61 Å². The van der Waals surface area contributed by atoms with Gasteiger partial charge in [-0.1, -0.05) is 6.92 Å². The Balaban J connectivity index is 2.41. The molecule has 1 heterocycles. The van der Waals surface area contributed by atoms with Crippen LogP contribution >= 0.6 is 0 Å². The molecule has 0 saturated carbocycles. The summed E-state index contributed by atoms with van der Waals surface area (Å²) in [6.07, 6.45) is 0.373. The van der Waals surface area contributed by atoms with Gasteiger partial charge in [-0.25, -0.2) is 0 Å². The fourth-order valence-corrected chi connectivity index (χ4v) is 1.62. The van der Waals surface area contributed by atoms with Gasteiger partial charge in [0.05, 0.1) is 19.3 Å². The van der Waals surface area contributed by atoms with Crippen LogP contribution in [0.15, 0.2) is 0 Å². The number of rotatable bonds is 5. The van der Waals surface area contributed by atoms with Crippen LogP contribution in [-0.4, -0.2) is 62.3 Å². The predicted molar refractivity (Wildman–Crippen MR) is 66.1 cm³/mol. The number of carbonyl (C=O) groups is 2. The molecule has 1 aliphatic heterocycles. The number of likely N-dealkylation sites (N-methyl/N-ethyl adjacent to an activating group) is 1. The summed E-state index contributed by atoms with van der Waals surface area (Å²) in [6, 6.07) is 0. The van der Waals surface area contributed by atoms with E-state index in [2.05, 4.69) is 5.32 Å². The second-order valence-corrected chi connectivity index (χ2v) is 4.34. The van der Waals surface area contributed by atoms with Crippen LogP contribution in [-0.2, 0) is 19.1 Å². The van der Waals surface area contributed by atoms with E-state index in [0.717, 1.165) is 6.42 Å². The van der Waals surface area contributed by atoms with Crippen LogP contribution in [0.4, 0.5) is 0 Å². The van der Waals surface area contributed by atoms with Gasteiger partial charge in [0, 0.05) is 13.6 Å². The van der Waals surface area contributed by atoms with E-state index in [1.807, 2.05) is 13.8 Å². The molecule has 1 saturated heterocycles. The lowest BCUT2D eigenvalue weighted by molar-refractivity contribution is -0.150. The molecule has 0 radical (unpaired) electrons. The van der Waals surface area contributed by atoms with Crippen molar-refractivity contribution >= 4 is 11.8 Å². The number of ether oxygens (including phenoxy) is 2. The Morgan fingerprint density at radius 2 is 2.28 bits per heavy atom. The summed E-state index contributed by atoms with van der Waals surface area (Å²) in [5.74, 6) is -0.289. The third-order valence-corrected chi connectivity index (χ3v) is 3.02. The minimum absolute atomic E-state index is 0.0650. The van der Waals surface area contributed by atoms with Gasteiger partial charge in [0.15, 0.2) is 6.10 Å². The fourth-order valence-electron chi connectivity index (χ4n) is 1.62. The van der Waals surface area contributed by atoms with Gasteiger partial charge in [-0.2, -0.15) is 0 Å². The van der Waals surface area contributed by atoms with Crippen molar-refractivity contribution in [1.82, 2.24) is 10.2 Å². The molecule has 2 amide bonds. The molecule has 104 valence electrons. The molecule has 18 heavy (non-hydrogen) atoms. The lowest BCUT2D eigenvalue weighted by Crippen LogP contribution is -2.52. The molecule has 1 N–H and O–H groups in total. The Kier molecular flexibility index (Phi) is 6.07. The van der Waals surface area contributed by atoms with E-state index in [1.165, 1.54) is 0 Å². The number of nitrogens with zero attached hydrogens (tertiary/aromatic N) is 1. The third-order valence-electron chi connectivity index (χ3n) is 3.02. The molecular weight excluding hydrogens is 236 g/mol. The minimum atomic E-state index is -0.573. The highest BCUT2D eigenvalue weighted by Gasteiger charge is 2.28. The predicted octanol–water partition coefficient (Wildman–Crippen LogP) is -0.225. The lowest BCUT2D eigenvalue weighted by atomic mass is 10.2. The third kappa shape index (κ3) is 4.27. The highest BCUT2D eigenvalue weighted by Crippen LogP contribution is 2.06. The van der Waals surface area contributed by atoms with E-state index in [4.69, 9.17) is 9.47 Å². The standard InChI is InChI=1S/C12H22N2O4/c1-4-9(2)18-8-11(15)14-5-6-17-10(7-14)12(16)13-3/h9-10H,4-8H2,1-3H3,(H,13,16). The van der Waals surface area contributed by atoms with E-state index in [9.17, 15) is 9.59 Å². The molecule has 0 aromatic heterocycles. The van der Waals surface area contributed by atoms with E-state index in [-0.39, 0.29) is 24.5 Å². The van der Waals surface area contributed by atoms with Gasteiger partial charge >= 0.3 is 0 Å². The molecule has 2 unspecified atom stereocenters. The van der Waals surface area contributed by atoms with E-state index < -0.39 is 6.10 Å². The largest absolute Gasteiger partial charge is 0.369 e. The summed E-state index contributed by atoms with van der Waals surface area (Å²) in [5.41, 5.74) is 0. The van der Waals surface area contributed by atoms with E-state index in [0.29, 0.717) is 19.7 Å². The Bertz CT molecular complexity index is 296. The molecule has 0 aromatic rings. The van der Waals surface area contributed by atoms with Gasteiger partial charge < -0.3 is 19.7 Å². The molecule has 1 aliphatic rings. The number of morpholine rings is 1. The maximum Gasteiger partial charge on any atom is 0.250 e. The van der Waals surface area contributed by atoms with Crippen molar-refractivity contribution < 1.29 is 19.1 Å². The summed E-state index contributed by atoms with van der Waals surface area (Å²) in [5, 5.41) is 2.52. The summed E-state index contributed by atoms with van der Waals surface area (Å²) < 4.78 is 10.7.